The van der Waals surface area contributed by atoms with E-state index in [1.54, 1.807) is 7.11 Å². The predicted molar refractivity (Wildman–Crippen MR) is 107 cm³/mol. The number of hydrogen-bond donors (Lipinski definition) is 0. The van der Waals surface area contributed by atoms with Gasteiger partial charge in [-0.3, -0.25) is 4.79 Å². The van der Waals surface area contributed by atoms with Gasteiger partial charge in [-0.15, -0.1) is 0 Å². The molecule has 0 saturated carbocycles. The van der Waals surface area contributed by atoms with Crippen LogP contribution in [-0.4, -0.2) is 29.5 Å². The van der Waals surface area contributed by atoms with E-state index < -0.39 is 0 Å². The molecule has 0 radical (unpaired) electrons. The Morgan fingerprint density at radius 3 is 2.56 bits per heavy atom. The molecular formula is C22H23N3O2. The maximum atomic E-state index is 13.3. The maximum absolute atomic E-state index is 13.3. The topological polar surface area (TPSA) is 55.3 Å². The summed E-state index contributed by atoms with van der Waals surface area (Å²) in [6.07, 6.45) is 0.942. The van der Waals surface area contributed by atoms with Gasteiger partial charge in [0.1, 0.15) is 5.75 Å². The lowest BCUT2D eigenvalue weighted by molar-refractivity contribution is 0.0981. The number of anilines is 1. The predicted octanol–water partition coefficient (Wildman–Crippen LogP) is 4.09. The van der Waals surface area contributed by atoms with Gasteiger partial charge in [0.05, 0.1) is 29.5 Å². The summed E-state index contributed by atoms with van der Waals surface area (Å²) < 4.78 is 5.35. The van der Waals surface area contributed by atoms with E-state index >= 15 is 0 Å². The number of carbonyl (C=O) groups is 1. The lowest BCUT2D eigenvalue weighted by Gasteiger charge is -2.33. The van der Waals surface area contributed by atoms with E-state index in [0.29, 0.717) is 18.0 Å². The fraction of sp³-hybridized carbons (Fsp3) is 0.318. The van der Waals surface area contributed by atoms with Crippen LogP contribution < -0.4 is 9.64 Å². The zero-order chi connectivity index (χ0) is 19.1. The Morgan fingerprint density at radius 2 is 1.81 bits per heavy atom. The second-order valence-electron chi connectivity index (χ2n) is 7.32. The average molecular weight is 361 g/mol. The van der Waals surface area contributed by atoms with Gasteiger partial charge in [0.15, 0.2) is 0 Å². The fourth-order valence-electron chi connectivity index (χ4n) is 3.68. The van der Waals surface area contributed by atoms with Crippen molar-refractivity contribution in [3.05, 3.63) is 58.9 Å². The van der Waals surface area contributed by atoms with Crippen LogP contribution in [0, 0.1) is 19.8 Å². The summed E-state index contributed by atoms with van der Waals surface area (Å²) in [5, 5.41) is 0. The second-order valence-corrected chi connectivity index (χ2v) is 7.32. The van der Waals surface area contributed by atoms with Crippen molar-refractivity contribution < 1.29 is 9.53 Å². The molecule has 3 aromatic rings. The Balaban J connectivity index is 1.74. The molecule has 1 aromatic heterocycles. The molecule has 1 amide bonds. The smallest absolute Gasteiger partial charge is 0.258 e. The van der Waals surface area contributed by atoms with Gasteiger partial charge in [-0.2, -0.15) is 0 Å². The molecule has 4 rings (SSSR count). The van der Waals surface area contributed by atoms with E-state index in [-0.39, 0.29) is 5.91 Å². The maximum Gasteiger partial charge on any atom is 0.258 e. The third-order valence-corrected chi connectivity index (χ3v) is 5.21. The van der Waals surface area contributed by atoms with Crippen LogP contribution in [0.5, 0.6) is 5.75 Å². The van der Waals surface area contributed by atoms with Gasteiger partial charge < -0.3 is 9.64 Å². The minimum absolute atomic E-state index is 0.00473. The zero-order valence-corrected chi connectivity index (χ0v) is 16.1. The number of rotatable bonds is 2. The van der Waals surface area contributed by atoms with Crippen molar-refractivity contribution in [2.75, 3.05) is 18.6 Å². The third-order valence-electron chi connectivity index (χ3n) is 5.21. The first kappa shape index (κ1) is 17.5. The van der Waals surface area contributed by atoms with E-state index in [1.807, 2.05) is 55.1 Å². The highest BCUT2D eigenvalue weighted by Crippen LogP contribution is 2.33. The number of nitrogens with zero attached hydrogens (tertiary/aromatic N) is 3. The standard InChI is InChI=1S/C22H23N3O2/c1-13-9-17-10-18(27-4)6-8-21(17)25(12-13)22(26)16-5-7-19-20(11-16)24-15(3)14(2)23-19/h5-8,10-11,13H,9,12H2,1-4H3. The van der Waals surface area contributed by atoms with Gasteiger partial charge in [-0.1, -0.05) is 6.92 Å². The first-order valence-electron chi connectivity index (χ1n) is 9.20. The molecule has 1 unspecified atom stereocenters. The van der Waals surface area contributed by atoms with Crippen LogP contribution in [0.2, 0.25) is 0 Å². The summed E-state index contributed by atoms with van der Waals surface area (Å²) in [5.41, 5.74) is 6.11. The summed E-state index contributed by atoms with van der Waals surface area (Å²) in [6.45, 7) is 6.75. The number of aryl methyl sites for hydroxylation is 2. The van der Waals surface area contributed by atoms with E-state index in [1.165, 1.54) is 0 Å². The lowest BCUT2D eigenvalue weighted by atomic mass is 9.93. The minimum atomic E-state index is -0.00473. The minimum Gasteiger partial charge on any atom is -0.497 e. The lowest BCUT2D eigenvalue weighted by Crippen LogP contribution is -2.39. The van der Waals surface area contributed by atoms with E-state index in [0.717, 1.165) is 45.8 Å². The van der Waals surface area contributed by atoms with Crippen LogP contribution in [-0.2, 0) is 6.42 Å². The highest BCUT2D eigenvalue weighted by atomic mass is 16.5. The van der Waals surface area contributed by atoms with Gasteiger partial charge in [0.2, 0.25) is 0 Å². The molecule has 2 aromatic carbocycles. The molecule has 5 nitrogen and oxygen atoms in total. The second kappa shape index (κ2) is 6.65. The van der Waals surface area contributed by atoms with Crippen molar-refractivity contribution in [2.24, 2.45) is 5.92 Å². The largest absolute Gasteiger partial charge is 0.497 e. The van der Waals surface area contributed by atoms with E-state index in [4.69, 9.17) is 4.74 Å². The van der Waals surface area contributed by atoms with Crippen molar-refractivity contribution in [2.45, 2.75) is 27.2 Å². The first-order chi connectivity index (χ1) is 13.0. The van der Waals surface area contributed by atoms with Gasteiger partial charge in [0, 0.05) is 17.8 Å². The summed E-state index contributed by atoms with van der Waals surface area (Å²) >= 11 is 0. The molecule has 0 bridgehead atoms. The molecule has 1 atom stereocenters. The number of methoxy groups -OCH3 is 1. The van der Waals surface area contributed by atoms with Crippen molar-refractivity contribution in [3.8, 4) is 5.75 Å². The molecule has 0 saturated heterocycles. The summed E-state index contributed by atoms with van der Waals surface area (Å²) in [6, 6.07) is 11.5. The van der Waals surface area contributed by atoms with Crippen molar-refractivity contribution in [1.29, 1.82) is 0 Å². The number of amides is 1. The van der Waals surface area contributed by atoms with Gasteiger partial charge in [0.25, 0.3) is 5.91 Å². The van der Waals surface area contributed by atoms with Crippen molar-refractivity contribution >= 4 is 22.6 Å². The van der Waals surface area contributed by atoms with Crippen LogP contribution in [0.25, 0.3) is 11.0 Å². The zero-order valence-electron chi connectivity index (χ0n) is 16.1. The Morgan fingerprint density at radius 1 is 1.07 bits per heavy atom. The summed E-state index contributed by atoms with van der Waals surface area (Å²) in [5.74, 6) is 1.20. The molecule has 27 heavy (non-hydrogen) atoms. The number of carbonyl (C=O) groups excluding carboxylic acids is 1. The molecule has 5 heteroatoms. The fourth-order valence-corrected chi connectivity index (χ4v) is 3.68. The van der Waals surface area contributed by atoms with Crippen molar-refractivity contribution in [3.63, 3.8) is 0 Å². The molecule has 0 spiro atoms. The number of aromatic nitrogens is 2. The van der Waals surface area contributed by atoms with Crippen molar-refractivity contribution in [1.82, 2.24) is 9.97 Å². The van der Waals surface area contributed by atoms with Gasteiger partial charge in [-0.05, 0) is 68.1 Å². The molecule has 2 heterocycles. The Hall–Kier alpha value is -2.95. The molecule has 0 fully saturated rings. The van der Waals surface area contributed by atoms with Crippen LogP contribution in [0.4, 0.5) is 5.69 Å². The number of fused-ring (bicyclic) bond motifs is 2. The van der Waals surface area contributed by atoms with Crippen LogP contribution in [0.3, 0.4) is 0 Å². The highest BCUT2D eigenvalue weighted by Gasteiger charge is 2.27. The quantitative estimate of drug-likeness (QED) is 0.690. The van der Waals surface area contributed by atoms with E-state index in [9.17, 15) is 4.79 Å². The summed E-state index contributed by atoms with van der Waals surface area (Å²) in [4.78, 5) is 24.3. The molecule has 138 valence electrons. The monoisotopic (exact) mass is 361 g/mol. The Kier molecular flexibility index (Phi) is 4.30. The van der Waals surface area contributed by atoms with Crippen LogP contribution in [0.1, 0.15) is 34.2 Å². The average Bonchev–Trinajstić information content (AvgIpc) is 2.66. The highest BCUT2D eigenvalue weighted by molar-refractivity contribution is 6.08. The Labute approximate surface area is 159 Å². The number of hydrogen-bond acceptors (Lipinski definition) is 4. The molecular weight excluding hydrogens is 338 g/mol. The number of ether oxygens (including phenoxy) is 1. The van der Waals surface area contributed by atoms with E-state index in [2.05, 4.69) is 16.9 Å². The molecule has 0 N–H and O–H groups in total. The normalized spacial score (nSPS) is 16.3. The van der Waals surface area contributed by atoms with Crippen LogP contribution >= 0.6 is 0 Å². The SMILES string of the molecule is COc1ccc2c(c1)CC(C)CN2C(=O)c1ccc2nc(C)c(C)nc2c1. The number of benzene rings is 2. The third kappa shape index (κ3) is 3.14. The van der Waals surface area contributed by atoms with Gasteiger partial charge in [-0.25, -0.2) is 9.97 Å². The first-order valence-corrected chi connectivity index (χ1v) is 9.20. The Bertz CT molecular complexity index is 1050. The summed E-state index contributed by atoms with van der Waals surface area (Å²) in [7, 11) is 1.66. The molecule has 1 aliphatic heterocycles. The van der Waals surface area contributed by atoms with Gasteiger partial charge >= 0.3 is 0 Å². The van der Waals surface area contributed by atoms with Crippen LogP contribution in [0.15, 0.2) is 36.4 Å². The molecule has 1 aliphatic rings. The molecule has 0 aliphatic carbocycles.